The molecule has 0 saturated carbocycles. The van der Waals surface area contributed by atoms with Crippen LogP contribution < -0.4 is 16.0 Å². The van der Waals surface area contributed by atoms with Crippen LogP contribution in [0.4, 0.5) is 5.69 Å². The van der Waals surface area contributed by atoms with Gasteiger partial charge in [0.1, 0.15) is 6.26 Å². The first-order chi connectivity index (χ1) is 15.1. The molecule has 0 aliphatic heterocycles. The van der Waals surface area contributed by atoms with Crippen LogP contribution in [0.1, 0.15) is 36.6 Å². The molecule has 0 radical (unpaired) electrons. The second-order valence-electron chi connectivity index (χ2n) is 7.28. The van der Waals surface area contributed by atoms with Crippen molar-refractivity contribution in [1.29, 1.82) is 0 Å². The molecule has 162 valence electrons. The second-order valence-corrected chi connectivity index (χ2v) is 7.28. The van der Waals surface area contributed by atoms with Gasteiger partial charge >= 0.3 is 0 Å². The van der Waals surface area contributed by atoms with Gasteiger partial charge in [0.2, 0.25) is 11.8 Å². The highest BCUT2D eigenvalue weighted by Gasteiger charge is 2.07. The molecule has 0 atom stereocenters. The summed E-state index contributed by atoms with van der Waals surface area (Å²) in [6, 6.07) is 15.8. The Bertz CT molecular complexity index is 1010. The number of aryl methyl sites for hydroxylation is 1. The Morgan fingerprint density at radius 3 is 2.42 bits per heavy atom. The number of aromatic nitrogens is 1. The van der Waals surface area contributed by atoms with E-state index in [0.717, 1.165) is 28.9 Å². The Morgan fingerprint density at radius 1 is 1.03 bits per heavy atom. The second kappa shape index (κ2) is 11.0. The fourth-order valence-electron chi connectivity index (χ4n) is 2.95. The van der Waals surface area contributed by atoms with E-state index in [1.807, 2.05) is 62.4 Å². The minimum Gasteiger partial charge on any atom is -0.444 e. The Balaban J connectivity index is 1.48. The van der Waals surface area contributed by atoms with Crippen molar-refractivity contribution in [3.63, 3.8) is 0 Å². The molecule has 1 heterocycles. The number of anilines is 1. The van der Waals surface area contributed by atoms with E-state index in [0.29, 0.717) is 31.4 Å². The number of carbonyl (C=O) groups is 1. The molecule has 0 saturated heterocycles. The molecule has 1 aromatic heterocycles. The van der Waals surface area contributed by atoms with Gasteiger partial charge in [-0.1, -0.05) is 36.8 Å². The number of guanidine groups is 1. The van der Waals surface area contributed by atoms with Gasteiger partial charge in [-0.05, 0) is 43.2 Å². The van der Waals surface area contributed by atoms with Crippen molar-refractivity contribution in [3.8, 4) is 11.5 Å². The van der Waals surface area contributed by atoms with Crippen LogP contribution in [-0.2, 0) is 17.9 Å². The predicted octanol–water partition coefficient (Wildman–Crippen LogP) is 4.25. The van der Waals surface area contributed by atoms with Crippen LogP contribution in [-0.4, -0.2) is 23.9 Å². The van der Waals surface area contributed by atoms with E-state index in [2.05, 4.69) is 25.9 Å². The molecule has 7 heteroatoms. The van der Waals surface area contributed by atoms with Gasteiger partial charge in [-0.3, -0.25) is 9.79 Å². The van der Waals surface area contributed by atoms with E-state index >= 15 is 0 Å². The molecule has 0 spiro atoms. The number of oxazole rings is 1. The molecule has 31 heavy (non-hydrogen) atoms. The first-order valence-corrected chi connectivity index (χ1v) is 10.4. The van der Waals surface area contributed by atoms with Gasteiger partial charge < -0.3 is 20.4 Å². The van der Waals surface area contributed by atoms with Gasteiger partial charge in [-0.25, -0.2) is 4.98 Å². The molecule has 0 fully saturated rings. The molecule has 3 N–H and O–H groups in total. The Hall–Kier alpha value is -3.61. The van der Waals surface area contributed by atoms with Crippen molar-refractivity contribution in [2.45, 2.75) is 39.8 Å². The molecule has 3 rings (SSSR count). The highest BCUT2D eigenvalue weighted by molar-refractivity contribution is 5.90. The van der Waals surface area contributed by atoms with Crippen LogP contribution in [0.2, 0.25) is 0 Å². The number of nitrogens with one attached hydrogen (secondary N) is 3. The number of rotatable bonds is 8. The SMILES string of the molecule is CCCC(=O)Nc1ccc(CNC(=NC)NCc2coc(-c3ccc(C)cc3)n2)cc1. The molecular weight excluding hydrogens is 390 g/mol. The van der Waals surface area contributed by atoms with Gasteiger partial charge in [0, 0.05) is 31.3 Å². The van der Waals surface area contributed by atoms with Crippen LogP contribution in [0.3, 0.4) is 0 Å². The van der Waals surface area contributed by atoms with Gasteiger partial charge in [0.25, 0.3) is 0 Å². The summed E-state index contributed by atoms with van der Waals surface area (Å²) in [5, 5.41) is 9.40. The lowest BCUT2D eigenvalue weighted by atomic mass is 10.1. The number of hydrogen-bond donors (Lipinski definition) is 3. The smallest absolute Gasteiger partial charge is 0.226 e. The van der Waals surface area contributed by atoms with Gasteiger partial charge in [-0.15, -0.1) is 0 Å². The predicted molar refractivity (Wildman–Crippen MR) is 124 cm³/mol. The van der Waals surface area contributed by atoms with Crippen molar-refractivity contribution in [2.24, 2.45) is 4.99 Å². The third-order valence-electron chi connectivity index (χ3n) is 4.69. The fraction of sp³-hybridized carbons (Fsp3) is 0.292. The lowest BCUT2D eigenvalue weighted by molar-refractivity contribution is -0.116. The zero-order chi connectivity index (χ0) is 22.1. The van der Waals surface area contributed by atoms with Gasteiger partial charge in [-0.2, -0.15) is 0 Å². The first-order valence-electron chi connectivity index (χ1n) is 10.4. The van der Waals surface area contributed by atoms with Crippen LogP contribution in [0, 0.1) is 6.92 Å². The third-order valence-corrected chi connectivity index (χ3v) is 4.69. The molecule has 3 aromatic rings. The highest BCUT2D eigenvalue weighted by atomic mass is 16.3. The van der Waals surface area contributed by atoms with Crippen LogP contribution in [0.5, 0.6) is 0 Å². The fourth-order valence-corrected chi connectivity index (χ4v) is 2.95. The minimum absolute atomic E-state index is 0.0383. The van der Waals surface area contributed by atoms with Crippen molar-refractivity contribution in [3.05, 3.63) is 71.6 Å². The van der Waals surface area contributed by atoms with E-state index in [-0.39, 0.29) is 5.91 Å². The first kappa shape index (κ1) is 22.1. The molecule has 0 bridgehead atoms. The maximum absolute atomic E-state index is 11.7. The van der Waals surface area contributed by atoms with E-state index in [9.17, 15) is 4.79 Å². The third kappa shape index (κ3) is 6.70. The number of amides is 1. The molecule has 1 amide bonds. The van der Waals surface area contributed by atoms with E-state index in [1.54, 1.807) is 13.3 Å². The monoisotopic (exact) mass is 419 g/mol. The summed E-state index contributed by atoms with van der Waals surface area (Å²) < 4.78 is 5.60. The number of nitrogens with zero attached hydrogens (tertiary/aromatic N) is 2. The zero-order valence-corrected chi connectivity index (χ0v) is 18.2. The normalized spacial score (nSPS) is 11.3. The van der Waals surface area contributed by atoms with E-state index in [4.69, 9.17) is 4.42 Å². The average molecular weight is 420 g/mol. The minimum atomic E-state index is 0.0383. The summed E-state index contributed by atoms with van der Waals surface area (Å²) in [4.78, 5) is 20.5. The lowest BCUT2D eigenvalue weighted by Gasteiger charge is -2.11. The summed E-state index contributed by atoms with van der Waals surface area (Å²) in [6.45, 7) is 5.14. The van der Waals surface area contributed by atoms with Crippen molar-refractivity contribution >= 4 is 17.6 Å². The van der Waals surface area contributed by atoms with Gasteiger partial charge in [0.15, 0.2) is 5.96 Å². The van der Waals surface area contributed by atoms with E-state index in [1.165, 1.54) is 5.56 Å². The molecule has 2 aromatic carbocycles. The molecule has 7 nitrogen and oxygen atoms in total. The summed E-state index contributed by atoms with van der Waals surface area (Å²) in [5.41, 5.74) is 4.84. The number of hydrogen-bond acceptors (Lipinski definition) is 4. The van der Waals surface area contributed by atoms with Crippen LogP contribution >= 0.6 is 0 Å². The maximum atomic E-state index is 11.7. The standard InChI is InChI=1S/C24H29N5O2/c1-4-5-22(30)28-20-12-8-18(9-13-20)14-26-24(25-3)27-15-21-16-31-23(29-21)19-10-6-17(2)7-11-19/h6-13,16H,4-5,14-15H2,1-3H3,(H,28,30)(H2,25,26,27). The van der Waals surface area contributed by atoms with Gasteiger partial charge in [0.05, 0.1) is 12.2 Å². The average Bonchev–Trinajstić information content (AvgIpc) is 3.24. The molecule has 0 aliphatic rings. The Labute approximate surface area is 183 Å². The van der Waals surface area contributed by atoms with Crippen molar-refractivity contribution in [1.82, 2.24) is 15.6 Å². The lowest BCUT2D eigenvalue weighted by Crippen LogP contribution is -2.36. The zero-order valence-electron chi connectivity index (χ0n) is 18.2. The molecule has 0 unspecified atom stereocenters. The summed E-state index contributed by atoms with van der Waals surface area (Å²) in [6.07, 6.45) is 3.02. The Kier molecular flexibility index (Phi) is 7.81. The molecule has 0 aliphatic carbocycles. The highest BCUT2D eigenvalue weighted by Crippen LogP contribution is 2.19. The van der Waals surface area contributed by atoms with Crippen LogP contribution in [0.25, 0.3) is 11.5 Å². The number of benzene rings is 2. The summed E-state index contributed by atoms with van der Waals surface area (Å²) >= 11 is 0. The number of aliphatic imine (C=N–C) groups is 1. The van der Waals surface area contributed by atoms with Crippen molar-refractivity contribution < 1.29 is 9.21 Å². The number of carbonyl (C=O) groups excluding carboxylic acids is 1. The topological polar surface area (TPSA) is 91.5 Å². The van der Waals surface area contributed by atoms with Crippen molar-refractivity contribution in [2.75, 3.05) is 12.4 Å². The Morgan fingerprint density at radius 2 is 1.74 bits per heavy atom. The summed E-state index contributed by atoms with van der Waals surface area (Å²) in [7, 11) is 1.72. The summed E-state index contributed by atoms with van der Waals surface area (Å²) in [5.74, 6) is 1.31. The maximum Gasteiger partial charge on any atom is 0.226 e. The van der Waals surface area contributed by atoms with E-state index < -0.39 is 0 Å². The molecular formula is C24H29N5O2. The largest absolute Gasteiger partial charge is 0.444 e. The van der Waals surface area contributed by atoms with Crippen LogP contribution in [0.15, 0.2) is 64.2 Å². The quantitative estimate of drug-likeness (QED) is 0.375.